The second-order valence-electron chi connectivity index (χ2n) is 4.21. The maximum Gasteiger partial charge on any atom is 0.0480 e. The van der Waals surface area contributed by atoms with E-state index >= 15 is 0 Å². The first-order valence-corrected chi connectivity index (χ1v) is 8.05. The number of thioether (sulfide) groups is 2. The zero-order valence-corrected chi connectivity index (χ0v) is 11.8. The van der Waals surface area contributed by atoms with Crippen LogP contribution in [0.5, 0.6) is 0 Å². The van der Waals surface area contributed by atoms with Gasteiger partial charge in [-0.3, -0.25) is 0 Å². The van der Waals surface area contributed by atoms with Crippen LogP contribution < -0.4 is 5.32 Å². The smallest absolute Gasteiger partial charge is 0.0480 e. The summed E-state index contributed by atoms with van der Waals surface area (Å²) in [6, 6.07) is 9.19. The van der Waals surface area contributed by atoms with Crippen LogP contribution in [0.4, 0.5) is 5.69 Å². The molecule has 1 saturated heterocycles. The maximum atomic E-state index is 3.78. The molecule has 0 aliphatic carbocycles. The second kappa shape index (κ2) is 6.41. The molecule has 0 saturated carbocycles. The molecule has 1 aliphatic rings. The highest BCUT2D eigenvalue weighted by Crippen LogP contribution is 2.32. The predicted octanol–water partition coefficient (Wildman–Crippen LogP) is 4.27. The van der Waals surface area contributed by atoms with Crippen LogP contribution >= 0.6 is 23.5 Å². The Morgan fingerprint density at radius 2 is 2.35 bits per heavy atom. The van der Waals surface area contributed by atoms with Crippen LogP contribution in [0.1, 0.15) is 13.3 Å². The lowest BCUT2D eigenvalue weighted by molar-refractivity contribution is 0.722. The van der Waals surface area contributed by atoms with Crippen molar-refractivity contribution in [1.29, 1.82) is 0 Å². The summed E-state index contributed by atoms with van der Waals surface area (Å²) in [6.07, 6.45) is 3.22. The van der Waals surface area contributed by atoms with Crippen molar-refractivity contribution in [2.75, 3.05) is 16.8 Å². The number of rotatable bonds is 5. The van der Waals surface area contributed by atoms with Crippen molar-refractivity contribution in [2.45, 2.75) is 29.5 Å². The molecule has 1 fully saturated rings. The normalized spacial score (nSPS) is 23.6. The number of benzene rings is 1. The Balaban J connectivity index is 2.05. The highest BCUT2D eigenvalue weighted by atomic mass is 32.2. The van der Waals surface area contributed by atoms with Crippen molar-refractivity contribution in [2.24, 2.45) is 0 Å². The first-order chi connectivity index (χ1) is 8.31. The molecule has 1 nitrogen and oxygen atoms in total. The van der Waals surface area contributed by atoms with Crippen molar-refractivity contribution in [1.82, 2.24) is 0 Å². The lowest BCUT2D eigenvalue weighted by atomic mass is 10.1. The van der Waals surface area contributed by atoms with E-state index < -0.39 is 0 Å². The van der Waals surface area contributed by atoms with Crippen LogP contribution in [0, 0.1) is 0 Å². The van der Waals surface area contributed by atoms with Crippen molar-refractivity contribution >= 4 is 29.2 Å². The first-order valence-electron chi connectivity index (χ1n) is 6.02. The molecule has 0 aromatic heterocycles. The van der Waals surface area contributed by atoms with Gasteiger partial charge in [0.1, 0.15) is 0 Å². The molecule has 0 amide bonds. The SMILES string of the molecule is C=CCSc1ccccc1NC1CCSC1C. The molecule has 92 valence electrons. The summed E-state index contributed by atoms with van der Waals surface area (Å²) in [4.78, 5) is 1.33. The predicted molar refractivity (Wildman–Crippen MR) is 81.3 cm³/mol. The summed E-state index contributed by atoms with van der Waals surface area (Å²) in [5, 5.41) is 4.41. The molecule has 1 heterocycles. The Morgan fingerprint density at radius 3 is 3.06 bits per heavy atom. The van der Waals surface area contributed by atoms with E-state index in [1.54, 1.807) is 0 Å². The molecule has 2 atom stereocenters. The van der Waals surface area contributed by atoms with Gasteiger partial charge in [0.05, 0.1) is 0 Å². The van der Waals surface area contributed by atoms with Gasteiger partial charge < -0.3 is 5.32 Å². The van der Waals surface area contributed by atoms with E-state index in [0.717, 1.165) is 5.75 Å². The van der Waals surface area contributed by atoms with Gasteiger partial charge in [-0.25, -0.2) is 0 Å². The van der Waals surface area contributed by atoms with Crippen LogP contribution in [0.25, 0.3) is 0 Å². The minimum absolute atomic E-state index is 0.616. The Labute approximate surface area is 112 Å². The van der Waals surface area contributed by atoms with Gasteiger partial charge in [-0.1, -0.05) is 25.1 Å². The summed E-state index contributed by atoms with van der Waals surface area (Å²) >= 11 is 3.91. The third-order valence-corrected chi connectivity index (χ3v) is 5.36. The highest BCUT2D eigenvalue weighted by molar-refractivity contribution is 8.00. The van der Waals surface area contributed by atoms with Gasteiger partial charge in [0.25, 0.3) is 0 Å². The lowest BCUT2D eigenvalue weighted by Gasteiger charge is -2.19. The monoisotopic (exact) mass is 265 g/mol. The third-order valence-electron chi connectivity index (χ3n) is 2.96. The largest absolute Gasteiger partial charge is 0.380 e. The summed E-state index contributed by atoms with van der Waals surface area (Å²) in [5.41, 5.74) is 1.28. The summed E-state index contributed by atoms with van der Waals surface area (Å²) in [7, 11) is 0. The van der Waals surface area contributed by atoms with E-state index in [4.69, 9.17) is 0 Å². The van der Waals surface area contributed by atoms with Crippen molar-refractivity contribution in [3.63, 3.8) is 0 Å². The number of nitrogens with one attached hydrogen (secondary N) is 1. The van der Waals surface area contributed by atoms with Gasteiger partial charge >= 0.3 is 0 Å². The Hall–Kier alpha value is -0.540. The van der Waals surface area contributed by atoms with Crippen LogP contribution in [-0.4, -0.2) is 22.8 Å². The fourth-order valence-corrected chi connectivity index (χ4v) is 3.93. The summed E-state index contributed by atoms with van der Waals surface area (Å²) < 4.78 is 0. The van der Waals surface area contributed by atoms with Gasteiger partial charge in [0.2, 0.25) is 0 Å². The maximum absolute atomic E-state index is 3.78. The zero-order chi connectivity index (χ0) is 12.1. The average Bonchev–Trinajstić information content (AvgIpc) is 2.74. The van der Waals surface area contributed by atoms with E-state index in [-0.39, 0.29) is 0 Å². The molecule has 1 aromatic rings. The van der Waals surface area contributed by atoms with Crippen molar-refractivity contribution < 1.29 is 0 Å². The number of para-hydroxylation sites is 1. The number of hydrogen-bond donors (Lipinski definition) is 1. The fourth-order valence-electron chi connectivity index (χ4n) is 1.98. The number of anilines is 1. The molecule has 3 heteroatoms. The Bertz CT molecular complexity index is 378. The second-order valence-corrected chi connectivity index (χ2v) is 6.76. The average molecular weight is 265 g/mol. The highest BCUT2D eigenvalue weighted by Gasteiger charge is 2.24. The van der Waals surface area contributed by atoms with E-state index in [1.807, 2.05) is 17.8 Å². The molecule has 1 aromatic carbocycles. The molecule has 2 unspecified atom stereocenters. The molecular formula is C14H19NS2. The minimum atomic E-state index is 0.616. The molecule has 2 rings (SSSR count). The molecule has 0 spiro atoms. The molecule has 0 bridgehead atoms. The van der Waals surface area contributed by atoms with Gasteiger partial charge in [-0.2, -0.15) is 11.8 Å². The standard InChI is InChI=1S/C14H19NS2/c1-3-9-17-14-7-5-4-6-13(14)15-12-8-10-16-11(12)2/h3-7,11-12,15H,1,8-10H2,2H3. The van der Waals surface area contributed by atoms with Crippen molar-refractivity contribution in [3.8, 4) is 0 Å². The fraction of sp³-hybridized carbons (Fsp3) is 0.429. The topological polar surface area (TPSA) is 12.0 Å². The van der Waals surface area contributed by atoms with E-state index in [1.165, 1.54) is 22.8 Å². The van der Waals surface area contributed by atoms with E-state index in [9.17, 15) is 0 Å². The van der Waals surface area contributed by atoms with E-state index in [0.29, 0.717) is 11.3 Å². The molecule has 0 radical (unpaired) electrons. The van der Waals surface area contributed by atoms with Gasteiger partial charge in [0.15, 0.2) is 0 Å². The van der Waals surface area contributed by atoms with Gasteiger partial charge in [-0.15, -0.1) is 18.3 Å². The third kappa shape index (κ3) is 3.46. The Kier molecular flexibility index (Phi) is 4.86. The number of hydrogen-bond acceptors (Lipinski definition) is 3. The van der Waals surface area contributed by atoms with Gasteiger partial charge in [0, 0.05) is 27.6 Å². The molecule has 1 N–H and O–H groups in total. The van der Waals surface area contributed by atoms with Crippen LogP contribution in [-0.2, 0) is 0 Å². The van der Waals surface area contributed by atoms with Crippen molar-refractivity contribution in [3.05, 3.63) is 36.9 Å². The molecule has 1 aliphatic heterocycles. The molecular weight excluding hydrogens is 246 g/mol. The Morgan fingerprint density at radius 1 is 1.53 bits per heavy atom. The minimum Gasteiger partial charge on any atom is -0.380 e. The summed E-state index contributed by atoms with van der Waals surface area (Å²) in [5.74, 6) is 2.24. The van der Waals surface area contributed by atoms with Crippen LogP contribution in [0.3, 0.4) is 0 Å². The van der Waals surface area contributed by atoms with Gasteiger partial charge in [-0.05, 0) is 24.3 Å². The van der Waals surface area contributed by atoms with Crippen LogP contribution in [0.15, 0.2) is 41.8 Å². The summed E-state index contributed by atoms with van der Waals surface area (Å²) in [6.45, 7) is 6.09. The zero-order valence-electron chi connectivity index (χ0n) is 10.2. The first kappa shape index (κ1) is 12.9. The van der Waals surface area contributed by atoms with Crippen LogP contribution in [0.2, 0.25) is 0 Å². The quantitative estimate of drug-likeness (QED) is 0.631. The van der Waals surface area contributed by atoms with E-state index in [2.05, 4.69) is 54.8 Å². The lowest BCUT2D eigenvalue weighted by Crippen LogP contribution is -2.24. The molecule has 17 heavy (non-hydrogen) atoms.